The van der Waals surface area contributed by atoms with Crippen LogP contribution in [0.2, 0.25) is 0 Å². The van der Waals surface area contributed by atoms with Gasteiger partial charge in [-0.05, 0) is 39.2 Å². The van der Waals surface area contributed by atoms with Crippen molar-refractivity contribution in [1.82, 2.24) is 9.88 Å². The second-order valence-electron chi connectivity index (χ2n) is 5.18. The van der Waals surface area contributed by atoms with E-state index in [4.69, 9.17) is 9.52 Å². The van der Waals surface area contributed by atoms with E-state index in [2.05, 4.69) is 23.7 Å². The summed E-state index contributed by atoms with van der Waals surface area (Å²) >= 11 is 0. The number of aliphatic hydroxyl groups excluding tert-OH is 1. The van der Waals surface area contributed by atoms with Gasteiger partial charge in [0.15, 0.2) is 5.89 Å². The predicted molar refractivity (Wildman–Crippen MR) is 65.6 cm³/mol. The molecule has 1 N–H and O–H groups in total. The van der Waals surface area contributed by atoms with E-state index >= 15 is 0 Å². The molecule has 4 nitrogen and oxygen atoms in total. The van der Waals surface area contributed by atoms with E-state index < -0.39 is 0 Å². The van der Waals surface area contributed by atoms with Crippen LogP contribution in [0.4, 0.5) is 0 Å². The third-order valence-corrected chi connectivity index (χ3v) is 3.50. The maximum Gasteiger partial charge on any atom is 0.194 e. The number of oxazole rings is 1. The summed E-state index contributed by atoms with van der Waals surface area (Å²) in [6.07, 6.45) is 5.03. The molecular formula is C13H22N2O2. The van der Waals surface area contributed by atoms with Crippen molar-refractivity contribution in [2.45, 2.75) is 45.8 Å². The van der Waals surface area contributed by atoms with Gasteiger partial charge < -0.3 is 14.4 Å². The molecule has 0 spiro atoms. The molecule has 0 saturated carbocycles. The number of hydrogen-bond acceptors (Lipinski definition) is 4. The van der Waals surface area contributed by atoms with E-state index in [1.165, 1.54) is 19.4 Å². The summed E-state index contributed by atoms with van der Waals surface area (Å²) in [4.78, 5) is 6.72. The van der Waals surface area contributed by atoms with Crippen LogP contribution in [0.25, 0.3) is 0 Å². The molecule has 1 unspecified atom stereocenters. The van der Waals surface area contributed by atoms with Crippen molar-refractivity contribution in [3.8, 4) is 0 Å². The van der Waals surface area contributed by atoms with Gasteiger partial charge >= 0.3 is 0 Å². The fourth-order valence-electron chi connectivity index (χ4n) is 2.50. The molecule has 1 atom stereocenters. The summed E-state index contributed by atoms with van der Waals surface area (Å²) in [7, 11) is 0. The normalized spacial score (nSPS) is 22.2. The Morgan fingerprint density at radius 2 is 2.41 bits per heavy atom. The summed E-state index contributed by atoms with van der Waals surface area (Å²) in [6, 6.07) is 0.621. The van der Waals surface area contributed by atoms with Crippen LogP contribution < -0.4 is 0 Å². The fourth-order valence-corrected chi connectivity index (χ4v) is 2.50. The number of likely N-dealkylation sites (tertiary alicyclic amines) is 1. The second-order valence-corrected chi connectivity index (χ2v) is 5.18. The second kappa shape index (κ2) is 5.65. The Balaban J connectivity index is 1.90. The minimum absolute atomic E-state index is 0.0597. The number of aliphatic hydroxyl groups is 1. The molecule has 0 aliphatic carbocycles. The third-order valence-electron chi connectivity index (χ3n) is 3.50. The average molecular weight is 238 g/mol. The Morgan fingerprint density at radius 3 is 3.06 bits per heavy atom. The van der Waals surface area contributed by atoms with Crippen LogP contribution in [0, 0.1) is 5.92 Å². The van der Waals surface area contributed by atoms with Gasteiger partial charge in [-0.25, -0.2) is 4.98 Å². The van der Waals surface area contributed by atoms with Gasteiger partial charge in [0.2, 0.25) is 0 Å². The SMILES string of the molecule is CC(C)N1CCCC(Cc2ncc(CO)o2)C1. The largest absolute Gasteiger partial charge is 0.443 e. The Kier molecular flexibility index (Phi) is 4.18. The highest BCUT2D eigenvalue weighted by Crippen LogP contribution is 2.22. The molecule has 1 aromatic rings. The Bertz CT molecular complexity index is 349. The maximum atomic E-state index is 8.93. The van der Waals surface area contributed by atoms with Crippen LogP contribution in [0.3, 0.4) is 0 Å². The van der Waals surface area contributed by atoms with Crippen LogP contribution >= 0.6 is 0 Å². The molecule has 17 heavy (non-hydrogen) atoms. The molecule has 1 saturated heterocycles. The zero-order chi connectivity index (χ0) is 12.3. The number of rotatable bonds is 4. The van der Waals surface area contributed by atoms with Crippen molar-refractivity contribution in [1.29, 1.82) is 0 Å². The van der Waals surface area contributed by atoms with Crippen molar-refractivity contribution >= 4 is 0 Å². The first-order valence-corrected chi connectivity index (χ1v) is 6.47. The van der Waals surface area contributed by atoms with Gasteiger partial charge in [-0.1, -0.05) is 0 Å². The minimum atomic E-state index is -0.0597. The summed E-state index contributed by atoms with van der Waals surface area (Å²) in [5, 5.41) is 8.93. The molecule has 96 valence electrons. The standard InChI is InChI=1S/C13H22N2O2/c1-10(2)15-5-3-4-11(8-15)6-13-14-7-12(9-16)17-13/h7,10-11,16H,3-6,8-9H2,1-2H3. The molecule has 0 bridgehead atoms. The van der Waals surface area contributed by atoms with E-state index in [0.717, 1.165) is 18.9 Å². The lowest BCUT2D eigenvalue weighted by Gasteiger charge is -2.35. The molecule has 2 heterocycles. The molecule has 4 heteroatoms. The van der Waals surface area contributed by atoms with Gasteiger partial charge in [0.1, 0.15) is 12.4 Å². The maximum absolute atomic E-state index is 8.93. The topological polar surface area (TPSA) is 49.5 Å². The molecule has 1 fully saturated rings. The quantitative estimate of drug-likeness (QED) is 0.869. The Morgan fingerprint density at radius 1 is 1.59 bits per heavy atom. The van der Waals surface area contributed by atoms with Gasteiger partial charge in [0.05, 0.1) is 6.20 Å². The fraction of sp³-hybridized carbons (Fsp3) is 0.769. The van der Waals surface area contributed by atoms with E-state index in [0.29, 0.717) is 17.7 Å². The lowest BCUT2D eigenvalue weighted by Crippen LogP contribution is -2.40. The highest BCUT2D eigenvalue weighted by atomic mass is 16.4. The van der Waals surface area contributed by atoms with Gasteiger partial charge in [-0.2, -0.15) is 0 Å². The third kappa shape index (κ3) is 3.30. The van der Waals surface area contributed by atoms with Crippen molar-refractivity contribution < 1.29 is 9.52 Å². The zero-order valence-electron chi connectivity index (χ0n) is 10.7. The zero-order valence-corrected chi connectivity index (χ0v) is 10.7. The number of nitrogens with zero attached hydrogens (tertiary/aromatic N) is 2. The molecule has 0 radical (unpaired) electrons. The highest BCUT2D eigenvalue weighted by Gasteiger charge is 2.23. The predicted octanol–water partition coefficient (Wildman–Crippen LogP) is 1.83. The number of hydrogen-bond donors (Lipinski definition) is 1. The minimum Gasteiger partial charge on any atom is -0.443 e. The first-order valence-electron chi connectivity index (χ1n) is 6.47. The van der Waals surface area contributed by atoms with Crippen molar-refractivity contribution in [2.24, 2.45) is 5.92 Å². The first kappa shape index (κ1) is 12.6. The van der Waals surface area contributed by atoms with Crippen LogP contribution in [-0.4, -0.2) is 34.1 Å². The van der Waals surface area contributed by atoms with Crippen molar-refractivity contribution in [3.05, 3.63) is 17.8 Å². The van der Waals surface area contributed by atoms with Crippen LogP contribution in [0.15, 0.2) is 10.6 Å². The Hall–Kier alpha value is -0.870. The smallest absolute Gasteiger partial charge is 0.194 e. The van der Waals surface area contributed by atoms with Crippen molar-refractivity contribution in [3.63, 3.8) is 0 Å². The Labute approximate surface area is 103 Å². The molecular weight excluding hydrogens is 216 g/mol. The van der Waals surface area contributed by atoms with Crippen LogP contribution in [0.1, 0.15) is 38.3 Å². The monoisotopic (exact) mass is 238 g/mol. The van der Waals surface area contributed by atoms with E-state index in [1.54, 1.807) is 6.20 Å². The molecule has 2 rings (SSSR count). The lowest BCUT2D eigenvalue weighted by molar-refractivity contribution is 0.135. The van der Waals surface area contributed by atoms with Crippen molar-refractivity contribution in [2.75, 3.05) is 13.1 Å². The van der Waals surface area contributed by atoms with E-state index in [9.17, 15) is 0 Å². The number of piperidine rings is 1. The van der Waals surface area contributed by atoms with Gasteiger partial charge in [0.25, 0.3) is 0 Å². The molecule has 0 aromatic carbocycles. The average Bonchev–Trinajstić information content (AvgIpc) is 2.77. The number of aromatic nitrogens is 1. The molecule has 1 aliphatic heterocycles. The lowest BCUT2D eigenvalue weighted by atomic mass is 9.94. The first-order chi connectivity index (χ1) is 8.19. The summed E-state index contributed by atoms with van der Waals surface area (Å²) < 4.78 is 5.45. The van der Waals surface area contributed by atoms with Gasteiger partial charge in [-0.3, -0.25) is 0 Å². The summed E-state index contributed by atoms with van der Waals surface area (Å²) in [5.41, 5.74) is 0. The summed E-state index contributed by atoms with van der Waals surface area (Å²) in [6.45, 7) is 6.78. The van der Waals surface area contributed by atoms with Crippen LogP contribution in [-0.2, 0) is 13.0 Å². The summed E-state index contributed by atoms with van der Waals surface area (Å²) in [5.74, 6) is 1.97. The van der Waals surface area contributed by atoms with E-state index in [-0.39, 0.29) is 6.61 Å². The van der Waals surface area contributed by atoms with Gasteiger partial charge in [-0.15, -0.1) is 0 Å². The van der Waals surface area contributed by atoms with Crippen LogP contribution in [0.5, 0.6) is 0 Å². The highest BCUT2D eigenvalue weighted by molar-refractivity contribution is 4.94. The molecule has 1 aromatic heterocycles. The molecule has 0 amide bonds. The van der Waals surface area contributed by atoms with Gasteiger partial charge in [0, 0.05) is 19.0 Å². The van der Waals surface area contributed by atoms with E-state index in [1.807, 2.05) is 0 Å². The molecule has 1 aliphatic rings.